The van der Waals surface area contributed by atoms with Crippen LogP contribution in [0.2, 0.25) is 0 Å². The summed E-state index contributed by atoms with van der Waals surface area (Å²) in [4.78, 5) is 24.0. The van der Waals surface area contributed by atoms with Gasteiger partial charge in [0.1, 0.15) is 0 Å². The molecule has 1 aromatic rings. The highest BCUT2D eigenvalue weighted by atomic mass is 32.2. The number of hydrogen-bond donors (Lipinski definition) is 2. The van der Waals surface area contributed by atoms with Crippen LogP contribution in [0.1, 0.15) is 55.3 Å². The average Bonchev–Trinajstić information content (AvgIpc) is 2.62. The molecule has 0 aromatic heterocycles. The van der Waals surface area contributed by atoms with Crippen LogP contribution in [0.4, 0.5) is 0 Å². The first kappa shape index (κ1) is 19.6. The molecule has 25 heavy (non-hydrogen) atoms. The molecule has 1 unspecified atom stereocenters. The van der Waals surface area contributed by atoms with Crippen LogP contribution in [0, 0.1) is 11.8 Å². The number of carboxylic acids is 1. The van der Waals surface area contributed by atoms with Crippen LogP contribution in [0.25, 0.3) is 0 Å². The van der Waals surface area contributed by atoms with Crippen molar-refractivity contribution >= 4 is 21.8 Å². The number of hydrogen-bond acceptors (Lipinski definition) is 4. The van der Waals surface area contributed by atoms with Gasteiger partial charge in [-0.1, -0.05) is 44.2 Å². The number of nitrogens with one attached hydrogen (secondary N) is 1. The summed E-state index contributed by atoms with van der Waals surface area (Å²) in [6.45, 7) is 0. The second-order valence-electron chi connectivity index (χ2n) is 6.64. The zero-order chi connectivity index (χ0) is 18.4. The first-order chi connectivity index (χ1) is 11.8. The van der Waals surface area contributed by atoms with Crippen molar-refractivity contribution in [2.75, 3.05) is 7.05 Å². The van der Waals surface area contributed by atoms with Gasteiger partial charge in [0.15, 0.2) is 5.78 Å². The summed E-state index contributed by atoms with van der Waals surface area (Å²) in [5.41, 5.74) is 0.228. The highest BCUT2D eigenvalue weighted by Crippen LogP contribution is 2.31. The van der Waals surface area contributed by atoms with Crippen molar-refractivity contribution in [3.05, 3.63) is 29.8 Å². The Kier molecular flexibility index (Phi) is 6.72. The quantitative estimate of drug-likeness (QED) is 0.688. The lowest BCUT2D eigenvalue weighted by Crippen LogP contribution is -2.23. The van der Waals surface area contributed by atoms with Crippen LogP contribution >= 0.6 is 0 Å². The smallest absolute Gasteiger partial charge is 0.306 e. The number of carbonyl (C=O) groups excluding carboxylic acids is 1. The van der Waals surface area contributed by atoms with Gasteiger partial charge in [0.25, 0.3) is 0 Å². The minimum Gasteiger partial charge on any atom is -0.481 e. The van der Waals surface area contributed by atoms with Crippen molar-refractivity contribution in [1.29, 1.82) is 0 Å². The van der Waals surface area contributed by atoms with E-state index in [0.29, 0.717) is 12.3 Å². The molecule has 1 aromatic carbocycles. The van der Waals surface area contributed by atoms with Gasteiger partial charge in [0.2, 0.25) is 10.0 Å². The van der Waals surface area contributed by atoms with Crippen LogP contribution in [0.3, 0.4) is 0 Å². The van der Waals surface area contributed by atoms with Gasteiger partial charge in [-0.15, -0.1) is 0 Å². The van der Waals surface area contributed by atoms with Crippen LogP contribution in [0.15, 0.2) is 29.2 Å². The number of carbonyl (C=O) groups is 2. The van der Waals surface area contributed by atoms with Crippen molar-refractivity contribution in [3.8, 4) is 0 Å². The van der Waals surface area contributed by atoms with Gasteiger partial charge in [0, 0.05) is 12.0 Å². The first-order valence-corrected chi connectivity index (χ1v) is 10.1. The number of ketones is 1. The minimum absolute atomic E-state index is 0.00000511. The molecule has 1 atom stereocenters. The Morgan fingerprint density at radius 2 is 1.92 bits per heavy atom. The fraction of sp³-hybridized carbons (Fsp3) is 0.556. The van der Waals surface area contributed by atoms with E-state index < -0.39 is 21.9 Å². The van der Waals surface area contributed by atoms with Gasteiger partial charge in [-0.25, -0.2) is 13.1 Å². The Morgan fingerprint density at radius 1 is 1.24 bits per heavy atom. The number of rotatable bonds is 8. The summed E-state index contributed by atoms with van der Waals surface area (Å²) in [6, 6.07) is 5.72. The van der Waals surface area contributed by atoms with Gasteiger partial charge in [-0.05, 0) is 31.5 Å². The largest absolute Gasteiger partial charge is 0.481 e. The number of carboxylic acid groups (broad SMARTS) is 1. The summed E-state index contributed by atoms with van der Waals surface area (Å²) in [6.07, 6.45) is 5.88. The molecule has 1 aliphatic carbocycles. The van der Waals surface area contributed by atoms with E-state index in [1.807, 2.05) is 0 Å². The molecular weight excluding hydrogens is 342 g/mol. The second-order valence-corrected chi connectivity index (χ2v) is 8.52. The van der Waals surface area contributed by atoms with E-state index in [0.717, 1.165) is 25.7 Å². The number of Topliss-reactive ketones (excluding diaryl/α,β-unsaturated/α-hetero) is 1. The van der Waals surface area contributed by atoms with Crippen molar-refractivity contribution in [2.45, 2.75) is 49.8 Å². The van der Waals surface area contributed by atoms with Crippen molar-refractivity contribution in [2.24, 2.45) is 11.8 Å². The van der Waals surface area contributed by atoms with Crippen LogP contribution in [-0.2, 0) is 14.8 Å². The molecule has 0 bridgehead atoms. The Labute approximate surface area is 148 Å². The summed E-state index contributed by atoms with van der Waals surface area (Å²) in [5.74, 6) is -1.66. The molecule has 1 fully saturated rings. The predicted molar refractivity (Wildman–Crippen MR) is 94.0 cm³/mol. The molecule has 1 saturated carbocycles. The molecule has 0 spiro atoms. The maximum Gasteiger partial charge on any atom is 0.306 e. The maximum atomic E-state index is 12.5. The predicted octanol–water partition coefficient (Wildman–Crippen LogP) is 2.84. The summed E-state index contributed by atoms with van der Waals surface area (Å²) in [7, 11) is -2.34. The summed E-state index contributed by atoms with van der Waals surface area (Å²) >= 11 is 0. The molecule has 1 aliphatic rings. The number of sulfonamides is 1. The van der Waals surface area contributed by atoms with Crippen LogP contribution in [0.5, 0.6) is 0 Å². The molecule has 2 N–H and O–H groups in total. The van der Waals surface area contributed by atoms with Gasteiger partial charge < -0.3 is 5.11 Å². The van der Waals surface area contributed by atoms with Crippen LogP contribution in [-0.4, -0.2) is 32.3 Å². The fourth-order valence-electron chi connectivity index (χ4n) is 3.39. The highest BCUT2D eigenvalue weighted by molar-refractivity contribution is 7.89. The summed E-state index contributed by atoms with van der Waals surface area (Å²) in [5, 5.41) is 9.46. The van der Waals surface area contributed by atoms with E-state index in [1.54, 1.807) is 0 Å². The van der Waals surface area contributed by atoms with Crippen molar-refractivity contribution in [1.82, 2.24) is 4.72 Å². The van der Waals surface area contributed by atoms with E-state index in [4.69, 9.17) is 0 Å². The third kappa shape index (κ3) is 5.37. The van der Waals surface area contributed by atoms with Crippen molar-refractivity contribution in [3.63, 3.8) is 0 Å². The zero-order valence-corrected chi connectivity index (χ0v) is 15.2. The molecule has 0 radical (unpaired) electrons. The Bertz CT molecular complexity index is 723. The lowest BCUT2D eigenvalue weighted by molar-refractivity contribution is -0.142. The highest BCUT2D eigenvalue weighted by Gasteiger charge is 2.27. The van der Waals surface area contributed by atoms with Gasteiger partial charge in [-0.2, -0.15) is 0 Å². The van der Waals surface area contributed by atoms with Gasteiger partial charge in [-0.3, -0.25) is 9.59 Å². The maximum absolute atomic E-state index is 12.5. The third-order valence-corrected chi connectivity index (χ3v) is 6.27. The third-order valence-electron chi connectivity index (χ3n) is 4.86. The van der Waals surface area contributed by atoms with E-state index in [1.165, 1.54) is 37.7 Å². The molecule has 0 saturated heterocycles. The topological polar surface area (TPSA) is 101 Å². The molecule has 7 heteroatoms. The molecule has 2 rings (SSSR count). The van der Waals surface area contributed by atoms with E-state index in [-0.39, 0.29) is 22.7 Å². The normalized spacial score (nSPS) is 17.2. The number of aliphatic carboxylic acids is 1. The molecule has 0 amide bonds. The lowest BCUT2D eigenvalue weighted by Gasteiger charge is -2.24. The molecular formula is C18H25NO5S. The molecule has 138 valence electrons. The van der Waals surface area contributed by atoms with Crippen LogP contribution < -0.4 is 4.72 Å². The molecule has 6 nitrogen and oxygen atoms in total. The van der Waals surface area contributed by atoms with E-state index >= 15 is 0 Å². The summed E-state index contributed by atoms with van der Waals surface area (Å²) < 4.78 is 25.9. The van der Waals surface area contributed by atoms with E-state index in [9.17, 15) is 23.1 Å². The average molecular weight is 367 g/mol. The monoisotopic (exact) mass is 367 g/mol. The Morgan fingerprint density at radius 3 is 2.52 bits per heavy atom. The number of benzene rings is 1. The lowest BCUT2D eigenvalue weighted by atomic mass is 9.81. The Hall–Kier alpha value is -1.73. The zero-order valence-electron chi connectivity index (χ0n) is 14.4. The second kappa shape index (κ2) is 8.58. The Balaban J connectivity index is 2.10. The fourth-order valence-corrected chi connectivity index (χ4v) is 4.17. The van der Waals surface area contributed by atoms with Gasteiger partial charge in [0.05, 0.1) is 10.8 Å². The molecule has 0 aliphatic heterocycles. The SMILES string of the molecule is CNS(=O)(=O)c1cccc(C(=O)CC(CC2CCCCC2)C(=O)O)c1. The van der Waals surface area contributed by atoms with Crippen molar-refractivity contribution < 1.29 is 23.1 Å². The molecule has 0 heterocycles. The van der Waals surface area contributed by atoms with E-state index in [2.05, 4.69) is 4.72 Å². The van der Waals surface area contributed by atoms with Gasteiger partial charge >= 0.3 is 5.97 Å². The minimum atomic E-state index is -3.64. The standard InChI is InChI=1S/C18H25NO5S/c1-19-25(23,24)16-9-5-8-14(11-16)17(20)12-15(18(21)22)10-13-6-3-2-4-7-13/h5,8-9,11,13,15,19H,2-4,6-7,10,12H2,1H3,(H,21,22). The first-order valence-electron chi connectivity index (χ1n) is 8.63.